The average molecular weight is 436 g/mol. The van der Waals surface area contributed by atoms with Crippen molar-refractivity contribution in [3.8, 4) is 0 Å². The Balaban J connectivity index is 1.36. The Morgan fingerprint density at radius 2 is 1.78 bits per heavy atom. The lowest BCUT2D eigenvalue weighted by Crippen LogP contribution is -2.50. The molecule has 1 aromatic rings. The van der Waals surface area contributed by atoms with Crippen molar-refractivity contribution in [2.24, 2.45) is 29.1 Å². The van der Waals surface area contributed by atoms with E-state index in [1.807, 2.05) is 6.08 Å². The smallest absolute Gasteiger partial charge is 0.155 e. The Hall–Kier alpha value is -1.65. The van der Waals surface area contributed by atoms with E-state index in [1.165, 1.54) is 29.7 Å². The van der Waals surface area contributed by atoms with E-state index in [0.29, 0.717) is 41.8 Å². The second kappa shape index (κ2) is 7.99. The first-order chi connectivity index (χ1) is 15.5. The van der Waals surface area contributed by atoms with Gasteiger partial charge in [-0.3, -0.25) is 4.79 Å². The van der Waals surface area contributed by atoms with E-state index in [2.05, 4.69) is 36.1 Å². The van der Waals surface area contributed by atoms with Gasteiger partial charge in [0.05, 0.1) is 19.3 Å². The quantitative estimate of drug-likeness (QED) is 0.730. The van der Waals surface area contributed by atoms with Crippen LogP contribution < -0.4 is 4.90 Å². The third-order valence-electron chi connectivity index (χ3n) is 9.95. The minimum absolute atomic E-state index is 0.0282. The number of carbonyl (C=O) groups is 1. The number of anilines is 1. The van der Waals surface area contributed by atoms with Crippen LogP contribution >= 0.6 is 0 Å². The largest absolute Gasteiger partial charge is 0.393 e. The molecule has 0 bridgehead atoms. The van der Waals surface area contributed by atoms with Crippen LogP contribution in [0.2, 0.25) is 0 Å². The fourth-order valence-electron chi connectivity index (χ4n) is 8.38. The maximum atomic E-state index is 12.2. The van der Waals surface area contributed by atoms with Crippen LogP contribution in [0.5, 0.6) is 0 Å². The van der Waals surface area contributed by atoms with Crippen molar-refractivity contribution < 1.29 is 14.6 Å². The van der Waals surface area contributed by atoms with Crippen molar-refractivity contribution in [2.45, 2.75) is 63.9 Å². The molecule has 1 aromatic carbocycles. The number of aliphatic hydroxyl groups excluding tert-OH is 1. The lowest BCUT2D eigenvalue weighted by Gasteiger charge is -2.57. The lowest BCUT2D eigenvalue weighted by atomic mass is 9.48. The first-order valence-corrected chi connectivity index (χ1v) is 12.9. The predicted octanol–water partition coefficient (Wildman–Crippen LogP) is 4.72. The number of nitrogens with zero attached hydrogens (tertiary/aromatic N) is 1. The third-order valence-corrected chi connectivity index (χ3v) is 9.95. The lowest BCUT2D eigenvalue weighted by molar-refractivity contribution is -0.116. The molecular formula is C28H37NO3. The van der Waals surface area contributed by atoms with E-state index in [4.69, 9.17) is 4.74 Å². The molecule has 1 saturated heterocycles. The Morgan fingerprint density at radius 3 is 2.56 bits per heavy atom. The van der Waals surface area contributed by atoms with Gasteiger partial charge in [0.2, 0.25) is 0 Å². The maximum Gasteiger partial charge on any atom is 0.155 e. The summed E-state index contributed by atoms with van der Waals surface area (Å²) in [7, 11) is 0. The van der Waals surface area contributed by atoms with Gasteiger partial charge in [0.25, 0.3) is 0 Å². The number of carbonyl (C=O) groups excluding carboxylic acids is 1. The van der Waals surface area contributed by atoms with Gasteiger partial charge in [0.1, 0.15) is 0 Å². The number of morpholine rings is 1. The van der Waals surface area contributed by atoms with E-state index < -0.39 is 0 Å². The van der Waals surface area contributed by atoms with Crippen molar-refractivity contribution in [1.82, 2.24) is 0 Å². The summed E-state index contributed by atoms with van der Waals surface area (Å²) in [6.45, 7) is 5.91. The van der Waals surface area contributed by atoms with E-state index in [9.17, 15) is 9.90 Å². The molecule has 4 fully saturated rings. The molecule has 1 heterocycles. The predicted molar refractivity (Wildman–Crippen MR) is 126 cm³/mol. The number of rotatable bonds is 2. The maximum absolute atomic E-state index is 12.2. The van der Waals surface area contributed by atoms with Crippen molar-refractivity contribution >= 4 is 11.5 Å². The summed E-state index contributed by atoms with van der Waals surface area (Å²) in [4.78, 5) is 14.6. The van der Waals surface area contributed by atoms with Gasteiger partial charge in [-0.1, -0.05) is 24.6 Å². The van der Waals surface area contributed by atoms with Crippen LogP contribution in [0.25, 0.3) is 0 Å². The van der Waals surface area contributed by atoms with Crippen LogP contribution in [0.3, 0.4) is 0 Å². The number of ketones is 1. The minimum Gasteiger partial charge on any atom is -0.393 e. The van der Waals surface area contributed by atoms with Crippen LogP contribution in [0.4, 0.5) is 5.69 Å². The average Bonchev–Trinajstić information content (AvgIpc) is 3.13. The molecule has 0 amide bonds. The summed E-state index contributed by atoms with van der Waals surface area (Å²) >= 11 is 0. The minimum atomic E-state index is -0.173. The zero-order valence-electron chi connectivity index (χ0n) is 19.3. The summed E-state index contributed by atoms with van der Waals surface area (Å²) < 4.78 is 5.52. The standard InChI is InChI=1S/C28H37NO3/c1-28-17-24(18-2-5-20(6-3-18)29-12-14-32-15-13-29)27-22-9-7-21(30)16-19(22)4-8-23(27)25(28)10-11-26(28)31/h2-3,5-6,16,22-27,31H,4,7-15,17H2,1H3. The molecule has 32 heavy (non-hydrogen) atoms. The van der Waals surface area contributed by atoms with Gasteiger partial charge in [-0.05, 0) is 97.3 Å². The van der Waals surface area contributed by atoms with Crippen LogP contribution in [-0.4, -0.2) is 43.3 Å². The molecule has 172 valence electrons. The second-order valence-electron chi connectivity index (χ2n) is 11.3. The molecule has 0 aromatic heterocycles. The molecule has 5 aliphatic rings. The van der Waals surface area contributed by atoms with Crippen LogP contribution in [0, 0.1) is 29.1 Å². The summed E-state index contributed by atoms with van der Waals surface area (Å²) in [5.41, 5.74) is 4.19. The fourth-order valence-corrected chi connectivity index (χ4v) is 8.38. The summed E-state index contributed by atoms with van der Waals surface area (Å²) in [5.74, 6) is 3.27. The van der Waals surface area contributed by atoms with E-state index >= 15 is 0 Å². The number of ether oxygens (including phenoxy) is 1. The molecular weight excluding hydrogens is 398 g/mol. The highest BCUT2D eigenvalue weighted by Gasteiger charge is 2.59. The number of allylic oxidation sites excluding steroid dienone is 1. The van der Waals surface area contributed by atoms with Gasteiger partial charge in [-0.25, -0.2) is 0 Å². The Labute approximate surface area is 192 Å². The van der Waals surface area contributed by atoms with Crippen LogP contribution in [-0.2, 0) is 9.53 Å². The normalized spacial score (nSPS) is 41.5. The van der Waals surface area contributed by atoms with Crippen molar-refractivity contribution in [3.63, 3.8) is 0 Å². The SMILES string of the molecule is CC12CC(c3ccc(N4CCOCC4)cc3)C3C4CCC(=O)C=C4CCC3C1CCC2O. The molecule has 7 atom stereocenters. The van der Waals surface area contributed by atoms with Gasteiger partial charge in [0.15, 0.2) is 5.78 Å². The number of hydrogen-bond acceptors (Lipinski definition) is 4. The summed E-state index contributed by atoms with van der Waals surface area (Å²) in [6, 6.07) is 9.34. The summed E-state index contributed by atoms with van der Waals surface area (Å²) in [6.07, 6.45) is 9.05. The molecule has 4 nitrogen and oxygen atoms in total. The molecule has 4 heteroatoms. The number of benzene rings is 1. The van der Waals surface area contributed by atoms with Gasteiger partial charge >= 0.3 is 0 Å². The highest BCUT2D eigenvalue weighted by atomic mass is 16.5. The monoisotopic (exact) mass is 435 g/mol. The van der Waals surface area contributed by atoms with Gasteiger partial charge < -0.3 is 14.7 Å². The Bertz CT molecular complexity index is 902. The molecule has 4 aliphatic carbocycles. The molecule has 3 saturated carbocycles. The topological polar surface area (TPSA) is 49.8 Å². The van der Waals surface area contributed by atoms with E-state index in [0.717, 1.165) is 52.0 Å². The molecule has 6 rings (SSSR count). The second-order valence-corrected chi connectivity index (χ2v) is 11.3. The van der Waals surface area contributed by atoms with Crippen LogP contribution in [0.1, 0.15) is 63.4 Å². The molecule has 0 spiro atoms. The van der Waals surface area contributed by atoms with Crippen molar-refractivity contribution in [2.75, 3.05) is 31.2 Å². The fraction of sp³-hybridized carbons (Fsp3) is 0.679. The highest BCUT2D eigenvalue weighted by Crippen LogP contribution is 2.65. The van der Waals surface area contributed by atoms with E-state index in [1.54, 1.807) is 0 Å². The van der Waals surface area contributed by atoms with Crippen molar-refractivity contribution in [3.05, 3.63) is 41.5 Å². The van der Waals surface area contributed by atoms with E-state index in [-0.39, 0.29) is 11.5 Å². The van der Waals surface area contributed by atoms with Gasteiger partial charge in [-0.2, -0.15) is 0 Å². The molecule has 0 radical (unpaired) electrons. The highest BCUT2D eigenvalue weighted by molar-refractivity contribution is 5.91. The number of fused-ring (bicyclic) bond motifs is 5. The number of hydrogen-bond donors (Lipinski definition) is 1. The zero-order valence-corrected chi connectivity index (χ0v) is 19.3. The third kappa shape index (κ3) is 3.28. The first kappa shape index (κ1) is 20.9. The Kier molecular flexibility index (Phi) is 5.22. The molecule has 1 aliphatic heterocycles. The molecule has 1 N–H and O–H groups in total. The summed E-state index contributed by atoms with van der Waals surface area (Å²) in [5, 5.41) is 11.0. The van der Waals surface area contributed by atoms with Crippen molar-refractivity contribution in [1.29, 1.82) is 0 Å². The zero-order chi connectivity index (χ0) is 21.9. The van der Waals surface area contributed by atoms with Gasteiger partial charge in [0, 0.05) is 25.2 Å². The Morgan fingerprint density at radius 1 is 1.00 bits per heavy atom. The molecule has 7 unspecified atom stereocenters. The number of aliphatic hydroxyl groups is 1. The first-order valence-electron chi connectivity index (χ1n) is 12.9. The van der Waals surface area contributed by atoms with Gasteiger partial charge in [-0.15, -0.1) is 0 Å². The van der Waals surface area contributed by atoms with Crippen LogP contribution in [0.15, 0.2) is 35.9 Å².